The number of rotatable bonds is 9. The Morgan fingerprint density at radius 2 is 1.81 bits per heavy atom. The second-order valence-electron chi connectivity index (χ2n) is 8.52. The fourth-order valence-electron chi connectivity index (χ4n) is 3.45. The van der Waals surface area contributed by atoms with Crippen molar-refractivity contribution in [2.45, 2.75) is 44.2 Å². The van der Waals surface area contributed by atoms with Crippen LogP contribution in [0.4, 0.5) is 18.9 Å². The van der Waals surface area contributed by atoms with Gasteiger partial charge in [0.05, 0.1) is 12.1 Å². The molecule has 0 saturated carbocycles. The standard InChI is InChI=1S/C22H24F3N3O8S/c1-11(2)19(20(31)26-15-9-18(30)36-21(15)32)27-17(29)10-35-16-8-13-6-4-3-5-12(13)7-14(16)28-37(33,34)22(23,24)25/h3-8,11,15,19,21,28,32H,9-10H2,1-2H3,(H,26,31)(H,27,29)/t15-,19-,21?/m0/s1. The molecule has 2 aromatic rings. The van der Waals surface area contributed by atoms with Crippen LogP contribution >= 0.6 is 0 Å². The van der Waals surface area contributed by atoms with Crippen LogP contribution < -0.4 is 20.1 Å². The molecular weight excluding hydrogens is 523 g/mol. The Labute approximate surface area is 209 Å². The average Bonchev–Trinajstić information content (AvgIpc) is 3.10. The molecule has 15 heteroatoms. The van der Waals surface area contributed by atoms with Gasteiger partial charge < -0.3 is 25.2 Å². The molecule has 202 valence electrons. The summed E-state index contributed by atoms with van der Waals surface area (Å²) in [5.74, 6) is -3.06. The van der Waals surface area contributed by atoms with Gasteiger partial charge in [-0.2, -0.15) is 21.6 Å². The summed E-state index contributed by atoms with van der Waals surface area (Å²) in [5.41, 5.74) is -6.13. The van der Waals surface area contributed by atoms with E-state index in [-0.39, 0.29) is 12.2 Å². The lowest BCUT2D eigenvalue weighted by molar-refractivity contribution is -0.155. The van der Waals surface area contributed by atoms with Gasteiger partial charge in [0, 0.05) is 0 Å². The van der Waals surface area contributed by atoms with Crippen molar-refractivity contribution in [3.63, 3.8) is 0 Å². The number of nitrogens with one attached hydrogen (secondary N) is 3. The van der Waals surface area contributed by atoms with Gasteiger partial charge in [0.1, 0.15) is 17.8 Å². The molecule has 1 unspecified atom stereocenters. The number of benzene rings is 2. The zero-order valence-electron chi connectivity index (χ0n) is 19.5. The van der Waals surface area contributed by atoms with Crippen LogP contribution in [0.1, 0.15) is 20.3 Å². The van der Waals surface area contributed by atoms with Crippen molar-refractivity contribution >= 4 is 44.3 Å². The summed E-state index contributed by atoms with van der Waals surface area (Å²) in [5, 5.41) is 15.4. The van der Waals surface area contributed by atoms with Crippen LogP contribution in [0.5, 0.6) is 5.75 Å². The van der Waals surface area contributed by atoms with Crippen molar-refractivity contribution in [2.75, 3.05) is 11.3 Å². The number of cyclic esters (lactones) is 1. The van der Waals surface area contributed by atoms with E-state index in [1.165, 1.54) is 10.8 Å². The Morgan fingerprint density at radius 1 is 1.19 bits per heavy atom. The maximum Gasteiger partial charge on any atom is 0.516 e. The number of ether oxygens (including phenoxy) is 2. The summed E-state index contributed by atoms with van der Waals surface area (Å²) in [6, 6.07) is 6.66. The molecule has 2 aromatic carbocycles. The third-order valence-corrected chi connectivity index (χ3v) is 6.43. The Morgan fingerprint density at radius 3 is 2.35 bits per heavy atom. The van der Waals surface area contributed by atoms with Crippen LogP contribution in [0.25, 0.3) is 10.8 Å². The fraction of sp³-hybridized carbons (Fsp3) is 0.409. The molecule has 3 atom stereocenters. The molecule has 3 rings (SSSR count). The molecule has 1 aliphatic rings. The summed E-state index contributed by atoms with van der Waals surface area (Å²) in [7, 11) is -5.78. The van der Waals surface area contributed by atoms with Crippen molar-refractivity contribution < 1.29 is 50.6 Å². The molecule has 1 saturated heterocycles. The van der Waals surface area contributed by atoms with E-state index in [4.69, 9.17) is 4.74 Å². The van der Waals surface area contributed by atoms with E-state index in [1.807, 2.05) is 0 Å². The normalized spacial score (nSPS) is 18.8. The number of hydrogen-bond donors (Lipinski definition) is 4. The zero-order chi connectivity index (χ0) is 27.5. The van der Waals surface area contributed by atoms with Gasteiger partial charge in [-0.15, -0.1) is 0 Å². The van der Waals surface area contributed by atoms with Crippen molar-refractivity contribution in [1.29, 1.82) is 0 Å². The summed E-state index contributed by atoms with van der Waals surface area (Å²) in [6.07, 6.45) is -1.79. The molecule has 0 spiro atoms. The van der Waals surface area contributed by atoms with Gasteiger partial charge in [0.25, 0.3) is 5.91 Å². The molecular formula is C22H24F3N3O8S. The lowest BCUT2D eigenvalue weighted by Crippen LogP contribution is -2.54. The number of sulfonamides is 1. The smallest absolute Gasteiger partial charge is 0.482 e. The predicted molar refractivity (Wildman–Crippen MR) is 123 cm³/mol. The number of halogens is 3. The molecule has 37 heavy (non-hydrogen) atoms. The molecule has 4 N–H and O–H groups in total. The van der Waals surface area contributed by atoms with Crippen LogP contribution in [0, 0.1) is 5.92 Å². The van der Waals surface area contributed by atoms with Crippen molar-refractivity contribution in [3.8, 4) is 5.75 Å². The van der Waals surface area contributed by atoms with E-state index < -0.39 is 69.9 Å². The van der Waals surface area contributed by atoms with Gasteiger partial charge >= 0.3 is 21.5 Å². The number of aliphatic hydroxyl groups is 1. The van der Waals surface area contributed by atoms with Gasteiger partial charge in [0.15, 0.2) is 6.61 Å². The third kappa shape index (κ3) is 6.80. The minimum absolute atomic E-state index is 0.257. The number of fused-ring (bicyclic) bond motifs is 1. The maximum absolute atomic E-state index is 12.9. The van der Waals surface area contributed by atoms with Crippen LogP contribution in [-0.2, 0) is 29.1 Å². The number of carbonyl (C=O) groups excluding carboxylic acids is 3. The van der Waals surface area contributed by atoms with Crippen molar-refractivity contribution in [1.82, 2.24) is 10.6 Å². The minimum Gasteiger partial charge on any atom is -0.482 e. The van der Waals surface area contributed by atoms with E-state index in [0.717, 1.165) is 6.07 Å². The van der Waals surface area contributed by atoms with Gasteiger partial charge in [-0.1, -0.05) is 38.1 Å². The zero-order valence-corrected chi connectivity index (χ0v) is 20.4. The SMILES string of the molecule is CC(C)[C@H](NC(=O)COc1cc2ccccc2cc1NS(=O)(=O)C(F)(F)F)C(=O)N[C@H]1CC(=O)OC1O. The molecule has 2 amide bonds. The second-order valence-corrected chi connectivity index (χ2v) is 10.2. The van der Waals surface area contributed by atoms with Gasteiger partial charge in [-0.3, -0.25) is 19.1 Å². The fourth-order valence-corrected chi connectivity index (χ4v) is 4.02. The summed E-state index contributed by atoms with van der Waals surface area (Å²) >= 11 is 0. The highest BCUT2D eigenvalue weighted by atomic mass is 32.2. The first-order chi connectivity index (χ1) is 17.2. The van der Waals surface area contributed by atoms with Crippen LogP contribution in [0.15, 0.2) is 36.4 Å². The second kappa shape index (κ2) is 10.8. The van der Waals surface area contributed by atoms with E-state index in [0.29, 0.717) is 10.8 Å². The van der Waals surface area contributed by atoms with E-state index in [2.05, 4.69) is 15.4 Å². The lowest BCUT2D eigenvalue weighted by atomic mass is 10.0. The first kappa shape index (κ1) is 28.0. The Hall–Kier alpha value is -3.59. The number of amides is 2. The number of esters is 1. The quantitative estimate of drug-likeness (QED) is 0.343. The molecule has 1 heterocycles. The van der Waals surface area contributed by atoms with E-state index >= 15 is 0 Å². The monoisotopic (exact) mass is 547 g/mol. The number of alkyl halides is 3. The Balaban J connectivity index is 1.74. The Bertz CT molecular complexity index is 1300. The topological polar surface area (TPSA) is 160 Å². The molecule has 0 aromatic heterocycles. The van der Waals surface area contributed by atoms with Crippen molar-refractivity contribution in [2.24, 2.45) is 5.92 Å². The molecule has 0 bridgehead atoms. The molecule has 1 aliphatic heterocycles. The average molecular weight is 548 g/mol. The minimum atomic E-state index is -5.78. The van der Waals surface area contributed by atoms with Crippen LogP contribution in [-0.4, -0.2) is 61.8 Å². The summed E-state index contributed by atoms with van der Waals surface area (Å²) in [6.45, 7) is 2.46. The first-order valence-corrected chi connectivity index (χ1v) is 12.4. The summed E-state index contributed by atoms with van der Waals surface area (Å²) in [4.78, 5) is 36.4. The molecule has 1 fully saturated rings. The lowest BCUT2D eigenvalue weighted by Gasteiger charge is -2.24. The maximum atomic E-state index is 12.9. The number of anilines is 1. The number of carbonyl (C=O) groups is 3. The molecule has 0 radical (unpaired) electrons. The largest absolute Gasteiger partial charge is 0.516 e. The van der Waals surface area contributed by atoms with Gasteiger partial charge in [-0.05, 0) is 28.8 Å². The molecule has 0 aliphatic carbocycles. The number of hydrogen-bond acceptors (Lipinski definition) is 8. The third-order valence-electron chi connectivity index (χ3n) is 5.33. The highest BCUT2D eigenvalue weighted by molar-refractivity contribution is 7.93. The van der Waals surface area contributed by atoms with E-state index in [1.54, 1.807) is 38.1 Å². The van der Waals surface area contributed by atoms with Gasteiger partial charge in [-0.25, -0.2) is 0 Å². The summed E-state index contributed by atoms with van der Waals surface area (Å²) < 4.78 is 73.5. The van der Waals surface area contributed by atoms with Crippen LogP contribution in [0.3, 0.4) is 0 Å². The van der Waals surface area contributed by atoms with E-state index in [9.17, 15) is 41.1 Å². The highest BCUT2D eigenvalue weighted by Crippen LogP contribution is 2.34. The van der Waals surface area contributed by atoms with Crippen molar-refractivity contribution in [3.05, 3.63) is 36.4 Å². The first-order valence-electron chi connectivity index (χ1n) is 10.9. The van der Waals surface area contributed by atoms with Crippen LogP contribution in [0.2, 0.25) is 0 Å². The predicted octanol–water partition coefficient (Wildman–Crippen LogP) is 1.37. The highest BCUT2D eigenvalue weighted by Gasteiger charge is 2.46. The van der Waals surface area contributed by atoms with Gasteiger partial charge in [0.2, 0.25) is 12.2 Å². The Kier molecular flexibility index (Phi) is 8.17. The molecule has 11 nitrogen and oxygen atoms in total. The number of aliphatic hydroxyl groups excluding tert-OH is 1.